The van der Waals surface area contributed by atoms with Crippen molar-refractivity contribution in [2.24, 2.45) is 0 Å². The summed E-state index contributed by atoms with van der Waals surface area (Å²) in [5.74, 6) is 1.88. The van der Waals surface area contributed by atoms with E-state index in [2.05, 4.69) is 35.4 Å². The third kappa shape index (κ3) is 2.73. The summed E-state index contributed by atoms with van der Waals surface area (Å²) in [6.45, 7) is 3.95. The SMILES string of the molecule is CCCNCc1ccc(-c2ccc3ncccc3c2)o1. The van der Waals surface area contributed by atoms with Crippen LogP contribution in [0.3, 0.4) is 0 Å². The van der Waals surface area contributed by atoms with Gasteiger partial charge in [-0.25, -0.2) is 0 Å². The molecular weight excluding hydrogens is 248 g/mol. The van der Waals surface area contributed by atoms with Crippen molar-refractivity contribution in [1.29, 1.82) is 0 Å². The third-order valence-electron chi connectivity index (χ3n) is 3.28. The minimum atomic E-state index is 0.781. The Morgan fingerprint density at radius 3 is 3.00 bits per heavy atom. The smallest absolute Gasteiger partial charge is 0.134 e. The Balaban J connectivity index is 1.83. The normalized spacial score (nSPS) is 11.1. The highest BCUT2D eigenvalue weighted by Gasteiger charge is 2.05. The van der Waals surface area contributed by atoms with Crippen molar-refractivity contribution in [3.63, 3.8) is 0 Å². The number of nitrogens with one attached hydrogen (secondary N) is 1. The predicted molar refractivity (Wildman–Crippen MR) is 81.4 cm³/mol. The van der Waals surface area contributed by atoms with E-state index >= 15 is 0 Å². The van der Waals surface area contributed by atoms with Gasteiger partial charge in [-0.15, -0.1) is 0 Å². The van der Waals surface area contributed by atoms with Crippen molar-refractivity contribution in [2.75, 3.05) is 6.54 Å². The molecule has 3 nitrogen and oxygen atoms in total. The summed E-state index contributed by atoms with van der Waals surface area (Å²) < 4.78 is 5.88. The predicted octanol–water partition coefficient (Wildman–Crippen LogP) is 3.99. The van der Waals surface area contributed by atoms with Gasteiger partial charge < -0.3 is 9.73 Å². The van der Waals surface area contributed by atoms with Crippen LogP contribution in [-0.4, -0.2) is 11.5 Å². The van der Waals surface area contributed by atoms with Gasteiger partial charge in [-0.3, -0.25) is 4.98 Å². The Kier molecular flexibility index (Phi) is 3.79. The van der Waals surface area contributed by atoms with Gasteiger partial charge in [0.15, 0.2) is 0 Å². The summed E-state index contributed by atoms with van der Waals surface area (Å²) in [5.41, 5.74) is 2.10. The highest BCUT2D eigenvalue weighted by atomic mass is 16.3. The molecule has 0 spiro atoms. The zero-order valence-corrected chi connectivity index (χ0v) is 11.6. The van der Waals surface area contributed by atoms with Gasteiger partial charge in [0.2, 0.25) is 0 Å². The average Bonchev–Trinajstić information content (AvgIpc) is 2.96. The lowest BCUT2D eigenvalue weighted by atomic mass is 10.1. The molecule has 0 aliphatic heterocycles. The van der Waals surface area contributed by atoms with E-state index in [0.29, 0.717) is 0 Å². The van der Waals surface area contributed by atoms with Crippen molar-refractivity contribution in [3.8, 4) is 11.3 Å². The Bertz CT molecular complexity index is 703. The number of aromatic nitrogens is 1. The molecule has 3 rings (SSSR count). The lowest BCUT2D eigenvalue weighted by Gasteiger charge is -2.01. The van der Waals surface area contributed by atoms with Crippen molar-refractivity contribution >= 4 is 10.9 Å². The summed E-state index contributed by atoms with van der Waals surface area (Å²) in [6, 6.07) is 14.3. The van der Waals surface area contributed by atoms with E-state index in [1.807, 2.05) is 30.5 Å². The maximum atomic E-state index is 5.88. The second kappa shape index (κ2) is 5.88. The summed E-state index contributed by atoms with van der Waals surface area (Å²) in [4.78, 5) is 4.33. The first-order valence-corrected chi connectivity index (χ1v) is 7.01. The highest BCUT2D eigenvalue weighted by Crippen LogP contribution is 2.25. The third-order valence-corrected chi connectivity index (χ3v) is 3.28. The molecule has 2 heterocycles. The van der Waals surface area contributed by atoms with Crippen LogP contribution in [0.25, 0.3) is 22.2 Å². The van der Waals surface area contributed by atoms with Gasteiger partial charge in [-0.1, -0.05) is 13.0 Å². The lowest BCUT2D eigenvalue weighted by molar-refractivity contribution is 0.493. The van der Waals surface area contributed by atoms with Crippen LogP contribution < -0.4 is 5.32 Å². The molecule has 0 unspecified atom stereocenters. The minimum Gasteiger partial charge on any atom is -0.460 e. The molecule has 0 saturated carbocycles. The quantitative estimate of drug-likeness (QED) is 0.709. The zero-order chi connectivity index (χ0) is 13.8. The largest absolute Gasteiger partial charge is 0.460 e. The van der Waals surface area contributed by atoms with Crippen LogP contribution >= 0.6 is 0 Å². The van der Waals surface area contributed by atoms with Gasteiger partial charge in [0.25, 0.3) is 0 Å². The van der Waals surface area contributed by atoms with E-state index in [4.69, 9.17) is 4.42 Å². The second-order valence-corrected chi connectivity index (χ2v) is 4.85. The number of hydrogen-bond donors (Lipinski definition) is 1. The number of pyridine rings is 1. The molecular formula is C17H18N2O. The first kappa shape index (κ1) is 12.9. The van der Waals surface area contributed by atoms with Crippen LogP contribution in [0.5, 0.6) is 0 Å². The van der Waals surface area contributed by atoms with Crippen LogP contribution in [0.15, 0.2) is 53.1 Å². The van der Waals surface area contributed by atoms with Gasteiger partial charge in [0.05, 0.1) is 12.1 Å². The van der Waals surface area contributed by atoms with Crippen molar-refractivity contribution < 1.29 is 4.42 Å². The summed E-state index contributed by atoms with van der Waals surface area (Å²) in [5, 5.41) is 4.47. The fraction of sp³-hybridized carbons (Fsp3) is 0.235. The second-order valence-electron chi connectivity index (χ2n) is 4.85. The Morgan fingerprint density at radius 2 is 2.10 bits per heavy atom. The molecule has 0 amide bonds. The van der Waals surface area contributed by atoms with E-state index in [9.17, 15) is 0 Å². The monoisotopic (exact) mass is 266 g/mol. The van der Waals surface area contributed by atoms with Crippen LogP contribution in [-0.2, 0) is 6.54 Å². The number of rotatable bonds is 5. The molecule has 0 aliphatic carbocycles. The van der Waals surface area contributed by atoms with E-state index in [0.717, 1.165) is 47.5 Å². The van der Waals surface area contributed by atoms with Gasteiger partial charge >= 0.3 is 0 Å². The number of furan rings is 1. The minimum absolute atomic E-state index is 0.781. The summed E-state index contributed by atoms with van der Waals surface area (Å²) >= 11 is 0. The number of benzene rings is 1. The van der Waals surface area contributed by atoms with Crippen molar-refractivity contribution in [1.82, 2.24) is 10.3 Å². The first-order valence-electron chi connectivity index (χ1n) is 7.01. The van der Waals surface area contributed by atoms with Crippen LogP contribution in [0, 0.1) is 0 Å². The molecule has 0 saturated heterocycles. The molecule has 3 heteroatoms. The van der Waals surface area contributed by atoms with Gasteiger partial charge in [0.1, 0.15) is 11.5 Å². The molecule has 0 fully saturated rings. The molecule has 102 valence electrons. The Labute approximate surface area is 118 Å². The Hall–Kier alpha value is -2.13. The standard InChI is InChI=1S/C17H18N2O/c1-2-9-18-12-15-6-8-17(20-15)14-5-7-16-13(11-14)4-3-10-19-16/h3-8,10-11,18H,2,9,12H2,1H3. The molecule has 0 aliphatic rings. The van der Waals surface area contributed by atoms with Crippen LogP contribution in [0.4, 0.5) is 0 Å². The van der Waals surface area contributed by atoms with Gasteiger partial charge in [0, 0.05) is 17.1 Å². The molecule has 3 aromatic rings. The fourth-order valence-electron chi connectivity index (χ4n) is 2.25. The topological polar surface area (TPSA) is 38.1 Å². The van der Waals surface area contributed by atoms with Crippen LogP contribution in [0.1, 0.15) is 19.1 Å². The van der Waals surface area contributed by atoms with E-state index in [1.165, 1.54) is 0 Å². The zero-order valence-electron chi connectivity index (χ0n) is 11.6. The van der Waals surface area contributed by atoms with Gasteiger partial charge in [-0.2, -0.15) is 0 Å². The molecule has 1 aromatic carbocycles. The van der Waals surface area contributed by atoms with Crippen molar-refractivity contribution in [2.45, 2.75) is 19.9 Å². The number of nitrogens with zero attached hydrogens (tertiary/aromatic N) is 1. The molecule has 2 aromatic heterocycles. The maximum absolute atomic E-state index is 5.88. The van der Waals surface area contributed by atoms with E-state index in [1.54, 1.807) is 0 Å². The van der Waals surface area contributed by atoms with Crippen molar-refractivity contribution in [3.05, 3.63) is 54.4 Å². The number of hydrogen-bond acceptors (Lipinski definition) is 3. The summed E-state index contributed by atoms with van der Waals surface area (Å²) in [7, 11) is 0. The maximum Gasteiger partial charge on any atom is 0.134 e. The van der Waals surface area contributed by atoms with E-state index in [-0.39, 0.29) is 0 Å². The van der Waals surface area contributed by atoms with Crippen LogP contribution in [0.2, 0.25) is 0 Å². The highest BCUT2D eigenvalue weighted by molar-refractivity contribution is 5.83. The molecule has 1 N–H and O–H groups in total. The molecule has 0 atom stereocenters. The Morgan fingerprint density at radius 1 is 1.15 bits per heavy atom. The van der Waals surface area contributed by atoms with E-state index < -0.39 is 0 Å². The average molecular weight is 266 g/mol. The fourth-order valence-corrected chi connectivity index (χ4v) is 2.25. The first-order chi connectivity index (χ1) is 9.86. The molecule has 0 radical (unpaired) electrons. The van der Waals surface area contributed by atoms with Gasteiger partial charge in [-0.05, 0) is 49.4 Å². The molecule has 20 heavy (non-hydrogen) atoms. The summed E-state index contributed by atoms with van der Waals surface area (Å²) in [6.07, 6.45) is 2.94. The molecule has 0 bridgehead atoms. The lowest BCUT2D eigenvalue weighted by Crippen LogP contribution is -2.12. The number of fused-ring (bicyclic) bond motifs is 1.